The van der Waals surface area contributed by atoms with Crippen LogP contribution in [0.5, 0.6) is 28.7 Å². The van der Waals surface area contributed by atoms with Gasteiger partial charge in [0.15, 0.2) is 11.5 Å². The highest BCUT2D eigenvalue weighted by molar-refractivity contribution is 5.93. The van der Waals surface area contributed by atoms with Gasteiger partial charge in [-0.15, -0.1) is 0 Å². The van der Waals surface area contributed by atoms with Crippen LogP contribution in [0, 0.1) is 19.8 Å². The summed E-state index contributed by atoms with van der Waals surface area (Å²) < 4.78 is 70.8. The Kier molecular flexibility index (Phi) is 9.11. The first-order chi connectivity index (χ1) is 21.4. The second kappa shape index (κ2) is 12.8. The number of hydrogen-bond acceptors (Lipinski definition) is 8. The van der Waals surface area contributed by atoms with E-state index in [1.54, 1.807) is 19.1 Å². The van der Waals surface area contributed by atoms with Crippen molar-refractivity contribution >= 4 is 16.9 Å². The number of carbonyl (C=O) groups excluding carboxylic acids is 1. The second-order valence-corrected chi connectivity index (χ2v) is 11.3. The molecule has 45 heavy (non-hydrogen) atoms. The van der Waals surface area contributed by atoms with Gasteiger partial charge in [0.2, 0.25) is 11.2 Å². The number of methoxy groups -OCH3 is 2. The number of esters is 1. The van der Waals surface area contributed by atoms with Crippen molar-refractivity contribution in [3.63, 3.8) is 0 Å². The number of fused-ring (bicyclic) bond motifs is 1. The van der Waals surface area contributed by atoms with Gasteiger partial charge in [-0.05, 0) is 99.3 Å². The van der Waals surface area contributed by atoms with Crippen molar-refractivity contribution in [1.82, 2.24) is 4.90 Å². The zero-order valence-corrected chi connectivity index (χ0v) is 25.7. The molecule has 0 unspecified atom stereocenters. The molecule has 2 heterocycles. The van der Waals surface area contributed by atoms with Crippen molar-refractivity contribution in [3.05, 3.63) is 86.8 Å². The maximum absolute atomic E-state index is 14.5. The molecule has 0 N–H and O–H groups in total. The lowest BCUT2D eigenvalue weighted by atomic mass is 9.98. The minimum atomic E-state index is -5.06. The highest BCUT2D eigenvalue weighted by Crippen LogP contribution is 2.41. The maximum Gasteiger partial charge on any atom is 0.453 e. The predicted molar refractivity (Wildman–Crippen MR) is 162 cm³/mol. The van der Waals surface area contributed by atoms with Gasteiger partial charge < -0.3 is 23.4 Å². The quantitative estimate of drug-likeness (QED) is 0.146. The van der Waals surface area contributed by atoms with Crippen LogP contribution >= 0.6 is 0 Å². The molecular weight excluding hydrogens is 591 g/mol. The SMILES string of the molecule is COc1ccc(C(=O)Oc2ccc3c(=O)c(Oc4ccc(C)c(C)c4)c(C(F)(F)F)oc3c2CN2CCC(C)CC2)cc1OC. The molecule has 3 aromatic carbocycles. The van der Waals surface area contributed by atoms with Crippen LogP contribution in [0.4, 0.5) is 13.2 Å². The van der Waals surface area contributed by atoms with Crippen LogP contribution in [-0.4, -0.2) is 38.2 Å². The summed E-state index contributed by atoms with van der Waals surface area (Å²) in [6, 6.07) is 11.9. The molecule has 0 saturated carbocycles. The standard InChI is InChI=1S/C34H34F3NO7/c1-19-12-14-38(15-13-19)18-25-26(44-33(40)22-7-10-27(41-4)28(17-22)42-5)11-9-24-29(39)31(32(34(35,36)37)45-30(24)25)43-23-8-6-20(2)21(3)16-23/h6-11,16-17,19H,12-15,18H2,1-5H3. The van der Waals surface area contributed by atoms with Gasteiger partial charge in [-0.2, -0.15) is 13.2 Å². The number of alkyl halides is 3. The molecule has 0 atom stereocenters. The summed E-state index contributed by atoms with van der Waals surface area (Å²) >= 11 is 0. The molecule has 0 aliphatic carbocycles. The number of ether oxygens (including phenoxy) is 4. The Morgan fingerprint density at radius 3 is 2.27 bits per heavy atom. The van der Waals surface area contributed by atoms with Crippen molar-refractivity contribution in [2.75, 3.05) is 27.3 Å². The average molecular weight is 626 g/mol. The smallest absolute Gasteiger partial charge is 0.453 e. The first-order valence-corrected chi connectivity index (χ1v) is 14.5. The van der Waals surface area contributed by atoms with Crippen LogP contribution in [-0.2, 0) is 12.7 Å². The Hall–Kier alpha value is -4.51. The van der Waals surface area contributed by atoms with Gasteiger partial charge >= 0.3 is 12.1 Å². The van der Waals surface area contributed by atoms with E-state index >= 15 is 0 Å². The average Bonchev–Trinajstić information content (AvgIpc) is 3.01. The number of piperidine rings is 1. The Balaban J connectivity index is 1.64. The van der Waals surface area contributed by atoms with E-state index in [2.05, 4.69) is 6.92 Å². The lowest BCUT2D eigenvalue weighted by Crippen LogP contribution is -2.32. The second-order valence-electron chi connectivity index (χ2n) is 11.3. The summed E-state index contributed by atoms with van der Waals surface area (Å²) in [5, 5.41) is -0.131. The van der Waals surface area contributed by atoms with Crippen LogP contribution in [0.2, 0.25) is 0 Å². The molecule has 1 aliphatic rings. The molecule has 0 spiro atoms. The van der Waals surface area contributed by atoms with Crippen LogP contribution in [0.1, 0.15) is 52.6 Å². The van der Waals surface area contributed by atoms with E-state index in [0.29, 0.717) is 30.5 Å². The van der Waals surface area contributed by atoms with Gasteiger partial charge in [0.1, 0.15) is 17.1 Å². The highest BCUT2D eigenvalue weighted by Gasteiger charge is 2.41. The van der Waals surface area contributed by atoms with Gasteiger partial charge in [0.25, 0.3) is 5.76 Å². The molecule has 0 radical (unpaired) electrons. The number of carbonyl (C=O) groups is 1. The number of hydrogen-bond donors (Lipinski definition) is 0. The van der Waals surface area contributed by atoms with Crippen molar-refractivity contribution < 1.29 is 41.3 Å². The molecule has 4 aromatic rings. The van der Waals surface area contributed by atoms with Gasteiger partial charge in [-0.3, -0.25) is 9.69 Å². The summed E-state index contributed by atoms with van der Waals surface area (Å²) in [6.07, 6.45) is -3.29. The molecule has 1 saturated heterocycles. The Labute approximate surface area is 258 Å². The van der Waals surface area contributed by atoms with Gasteiger partial charge in [0, 0.05) is 6.54 Å². The molecule has 11 heteroatoms. The number of likely N-dealkylation sites (tertiary alicyclic amines) is 1. The minimum absolute atomic E-state index is 0.0278. The molecule has 1 aromatic heterocycles. The predicted octanol–water partition coefficient (Wildman–Crippen LogP) is 7.69. The lowest BCUT2D eigenvalue weighted by molar-refractivity contribution is -0.154. The summed E-state index contributed by atoms with van der Waals surface area (Å²) in [5.74, 6) is -2.09. The number of rotatable bonds is 8. The highest BCUT2D eigenvalue weighted by atomic mass is 19.4. The molecule has 5 rings (SSSR count). The van der Waals surface area contributed by atoms with Gasteiger partial charge in [-0.1, -0.05) is 13.0 Å². The Morgan fingerprint density at radius 1 is 0.933 bits per heavy atom. The zero-order chi connectivity index (χ0) is 32.5. The van der Waals surface area contributed by atoms with Crippen LogP contribution in [0.15, 0.2) is 57.7 Å². The van der Waals surface area contributed by atoms with Gasteiger partial charge in [-0.25, -0.2) is 4.79 Å². The van der Waals surface area contributed by atoms with Crippen molar-refractivity contribution in [2.24, 2.45) is 5.92 Å². The van der Waals surface area contributed by atoms with Crippen molar-refractivity contribution in [1.29, 1.82) is 0 Å². The number of halogens is 3. The lowest BCUT2D eigenvalue weighted by Gasteiger charge is -2.30. The number of benzene rings is 3. The third-order valence-electron chi connectivity index (χ3n) is 8.11. The monoisotopic (exact) mass is 625 g/mol. The summed E-state index contributed by atoms with van der Waals surface area (Å²) in [6.45, 7) is 7.21. The van der Waals surface area contributed by atoms with E-state index in [1.807, 2.05) is 11.8 Å². The van der Waals surface area contributed by atoms with Crippen LogP contribution in [0.25, 0.3) is 11.0 Å². The van der Waals surface area contributed by atoms with E-state index in [0.717, 1.165) is 24.0 Å². The van der Waals surface area contributed by atoms with E-state index < -0.39 is 29.1 Å². The number of aryl methyl sites for hydroxylation is 2. The molecule has 8 nitrogen and oxygen atoms in total. The summed E-state index contributed by atoms with van der Waals surface area (Å²) in [7, 11) is 2.88. The molecule has 238 valence electrons. The van der Waals surface area contributed by atoms with E-state index in [9.17, 15) is 22.8 Å². The molecule has 0 amide bonds. The number of nitrogens with zero attached hydrogens (tertiary/aromatic N) is 1. The molecule has 0 bridgehead atoms. The first kappa shape index (κ1) is 31.9. The van der Waals surface area contributed by atoms with E-state index in [1.165, 1.54) is 50.6 Å². The molecule has 1 fully saturated rings. The first-order valence-electron chi connectivity index (χ1n) is 14.5. The Morgan fingerprint density at radius 2 is 1.62 bits per heavy atom. The fraction of sp³-hybridized carbons (Fsp3) is 0.353. The minimum Gasteiger partial charge on any atom is -0.493 e. The maximum atomic E-state index is 14.5. The fourth-order valence-electron chi connectivity index (χ4n) is 5.26. The van der Waals surface area contributed by atoms with Crippen molar-refractivity contribution in [3.8, 4) is 28.7 Å². The van der Waals surface area contributed by atoms with Crippen LogP contribution < -0.4 is 24.4 Å². The fourth-order valence-corrected chi connectivity index (χ4v) is 5.26. The molecule has 1 aliphatic heterocycles. The van der Waals surface area contributed by atoms with Gasteiger partial charge in [0.05, 0.1) is 30.7 Å². The zero-order valence-electron chi connectivity index (χ0n) is 25.7. The largest absolute Gasteiger partial charge is 0.493 e. The van der Waals surface area contributed by atoms with E-state index in [-0.39, 0.29) is 40.1 Å². The summed E-state index contributed by atoms with van der Waals surface area (Å²) in [4.78, 5) is 29.0. The topological polar surface area (TPSA) is 87.4 Å². The molecular formula is C34H34F3NO7. The normalized spacial score (nSPS) is 14.4. The van der Waals surface area contributed by atoms with Crippen LogP contribution in [0.3, 0.4) is 0 Å². The third-order valence-corrected chi connectivity index (χ3v) is 8.11. The van der Waals surface area contributed by atoms with E-state index in [4.69, 9.17) is 23.4 Å². The Bertz CT molecular complexity index is 1790. The summed E-state index contributed by atoms with van der Waals surface area (Å²) in [5.41, 5.74) is 0.654. The van der Waals surface area contributed by atoms with Crippen molar-refractivity contribution in [2.45, 2.75) is 46.3 Å². The third kappa shape index (κ3) is 6.78.